The summed E-state index contributed by atoms with van der Waals surface area (Å²) in [6.07, 6.45) is 0. The van der Waals surface area contributed by atoms with E-state index in [0.29, 0.717) is 0 Å². The second-order valence-corrected chi connectivity index (χ2v) is 4.46. The van der Waals surface area contributed by atoms with Gasteiger partial charge in [0, 0.05) is 12.1 Å². The Morgan fingerprint density at radius 1 is 1.18 bits per heavy atom. The van der Waals surface area contributed by atoms with Gasteiger partial charge in [0.15, 0.2) is 0 Å². The molecule has 11 heavy (non-hydrogen) atoms. The maximum Gasteiger partial charge on any atom is 0.0567 e. The summed E-state index contributed by atoms with van der Waals surface area (Å²) >= 11 is 0. The van der Waals surface area contributed by atoms with E-state index in [-0.39, 0.29) is 11.2 Å². The van der Waals surface area contributed by atoms with Crippen LogP contribution in [0.4, 0.5) is 0 Å². The highest BCUT2D eigenvalue weighted by atomic mass is 16.5. The summed E-state index contributed by atoms with van der Waals surface area (Å²) in [5, 5.41) is 12.8. The molecule has 1 rings (SSSR count). The summed E-state index contributed by atoms with van der Waals surface area (Å²) in [7, 11) is 1.99. The van der Waals surface area contributed by atoms with Crippen molar-refractivity contribution in [1.29, 1.82) is 0 Å². The zero-order valence-electron chi connectivity index (χ0n) is 8.01. The van der Waals surface area contributed by atoms with Gasteiger partial charge in [-0.15, -0.1) is 0 Å². The minimum Gasteiger partial charge on any atom is -0.783 e. The van der Waals surface area contributed by atoms with Crippen molar-refractivity contribution in [2.75, 3.05) is 13.6 Å². The fourth-order valence-corrected chi connectivity index (χ4v) is 1.73. The molecule has 1 saturated heterocycles. The fourth-order valence-electron chi connectivity index (χ4n) is 1.73. The molecule has 0 bridgehead atoms. The Balaban J connectivity index is 2.89. The first-order valence-electron chi connectivity index (χ1n) is 3.97. The number of hydrogen-bond acceptors (Lipinski definition) is 3. The molecule has 66 valence electrons. The van der Waals surface area contributed by atoms with E-state index in [1.807, 2.05) is 34.7 Å². The molecule has 0 radical (unpaired) electrons. The second-order valence-electron chi connectivity index (χ2n) is 4.46. The minimum atomic E-state index is -0.344. The van der Waals surface area contributed by atoms with Crippen LogP contribution in [0.3, 0.4) is 0 Å². The van der Waals surface area contributed by atoms with Crippen molar-refractivity contribution in [3.05, 3.63) is 5.21 Å². The molecule has 0 aromatic carbocycles. The van der Waals surface area contributed by atoms with Crippen LogP contribution in [0.1, 0.15) is 27.7 Å². The van der Waals surface area contributed by atoms with Crippen LogP contribution >= 0.6 is 0 Å². The molecular formula is C8H17N2O-. The van der Waals surface area contributed by atoms with Crippen LogP contribution in [-0.4, -0.2) is 34.8 Å². The Kier molecular flexibility index (Phi) is 1.78. The number of nitrogens with zero attached hydrogens (tertiary/aromatic N) is 2. The molecule has 0 atom stereocenters. The van der Waals surface area contributed by atoms with Gasteiger partial charge in [-0.1, -0.05) is 0 Å². The lowest BCUT2D eigenvalue weighted by atomic mass is 10.1. The molecule has 0 unspecified atom stereocenters. The molecule has 0 spiro atoms. The fraction of sp³-hybridized carbons (Fsp3) is 1.00. The maximum absolute atomic E-state index is 11.6. The second kappa shape index (κ2) is 2.19. The summed E-state index contributed by atoms with van der Waals surface area (Å²) in [5.74, 6) is 0. The van der Waals surface area contributed by atoms with E-state index >= 15 is 0 Å². The molecule has 3 nitrogen and oxygen atoms in total. The third-order valence-corrected chi connectivity index (χ3v) is 2.61. The first-order valence-corrected chi connectivity index (χ1v) is 3.97. The van der Waals surface area contributed by atoms with Crippen LogP contribution in [0.25, 0.3) is 0 Å². The van der Waals surface area contributed by atoms with Gasteiger partial charge in [-0.05, 0) is 34.7 Å². The van der Waals surface area contributed by atoms with Crippen molar-refractivity contribution in [3.63, 3.8) is 0 Å². The molecule has 0 saturated carbocycles. The molecule has 1 heterocycles. The SMILES string of the molecule is CN1CC(C)(C)N([O-])C1(C)C. The Bertz CT molecular complexity index is 165. The summed E-state index contributed by atoms with van der Waals surface area (Å²) in [5.41, 5.74) is -0.582. The van der Waals surface area contributed by atoms with Crippen molar-refractivity contribution in [3.8, 4) is 0 Å². The Hall–Kier alpha value is -0.120. The number of hydrogen-bond donors (Lipinski definition) is 0. The first-order chi connectivity index (χ1) is 4.78. The van der Waals surface area contributed by atoms with Gasteiger partial charge < -0.3 is 10.3 Å². The van der Waals surface area contributed by atoms with E-state index in [0.717, 1.165) is 6.54 Å². The minimum absolute atomic E-state index is 0.238. The topological polar surface area (TPSA) is 29.5 Å². The van der Waals surface area contributed by atoms with E-state index < -0.39 is 0 Å². The highest BCUT2D eigenvalue weighted by Gasteiger charge is 2.42. The van der Waals surface area contributed by atoms with E-state index in [2.05, 4.69) is 4.90 Å². The number of rotatable bonds is 0. The monoisotopic (exact) mass is 157 g/mol. The highest BCUT2D eigenvalue weighted by Crippen LogP contribution is 2.34. The average Bonchev–Trinajstić information content (AvgIpc) is 1.94. The van der Waals surface area contributed by atoms with Crippen molar-refractivity contribution in [2.45, 2.75) is 38.9 Å². The smallest absolute Gasteiger partial charge is 0.0567 e. The van der Waals surface area contributed by atoms with Gasteiger partial charge in [0.05, 0.1) is 5.66 Å². The van der Waals surface area contributed by atoms with Crippen LogP contribution in [0.5, 0.6) is 0 Å². The molecule has 1 aliphatic rings. The third kappa shape index (κ3) is 1.17. The van der Waals surface area contributed by atoms with E-state index in [1.165, 1.54) is 5.06 Å². The molecule has 0 amide bonds. The van der Waals surface area contributed by atoms with E-state index in [1.54, 1.807) is 0 Å². The van der Waals surface area contributed by atoms with Gasteiger partial charge >= 0.3 is 0 Å². The van der Waals surface area contributed by atoms with Gasteiger partial charge in [0.2, 0.25) is 0 Å². The molecular weight excluding hydrogens is 140 g/mol. The Morgan fingerprint density at radius 3 is 1.73 bits per heavy atom. The Morgan fingerprint density at radius 2 is 1.64 bits per heavy atom. The normalized spacial score (nSPS) is 31.1. The maximum atomic E-state index is 11.6. The Labute approximate surface area is 68.6 Å². The lowest BCUT2D eigenvalue weighted by Gasteiger charge is -2.46. The lowest BCUT2D eigenvalue weighted by molar-refractivity contribution is 0.0781. The quantitative estimate of drug-likeness (QED) is 0.530. The third-order valence-electron chi connectivity index (χ3n) is 2.61. The summed E-state index contributed by atoms with van der Waals surface area (Å²) in [6, 6.07) is 0. The molecule has 0 aliphatic carbocycles. The predicted octanol–water partition coefficient (Wildman–Crippen LogP) is 1.25. The van der Waals surface area contributed by atoms with Crippen LogP contribution in [0.2, 0.25) is 0 Å². The van der Waals surface area contributed by atoms with Gasteiger partial charge in [0.1, 0.15) is 0 Å². The first kappa shape index (κ1) is 8.97. The summed E-state index contributed by atoms with van der Waals surface area (Å²) in [4.78, 5) is 2.08. The van der Waals surface area contributed by atoms with E-state index in [9.17, 15) is 5.21 Å². The zero-order valence-corrected chi connectivity index (χ0v) is 8.01. The lowest BCUT2D eigenvalue weighted by Crippen LogP contribution is -2.47. The summed E-state index contributed by atoms with van der Waals surface area (Å²) in [6.45, 7) is 8.70. The number of likely N-dealkylation sites (N-methyl/N-ethyl adjacent to an activating group) is 1. The van der Waals surface area contributed by atoms with E-state index in [4.69, 9.17) is 0 Å². The van der Waals surface area contributed by atoms with Crippen LogP contribution in [-0.2, 0) is 0 Å². The van der Waals surface area contributed by atoms with Gasteiger partial charge in [0.25, 0.3) is 0 Å². The molecule has 1 aliphatic heterocycles. The zero-order chi connectivity index (χ0) is 8.86. The molecule has 1 fully saturated rings. The van der Waals surface area contributed by atoms with Crippen LogP contribution in [0.15, 0.2) is 0 Å². The largest absolute Gasteiger partial charge is 0.783 e. The van der Waals surface area contributed by atoms with Crippen molar-refractivity contribution < 1.29 is 0 Å². The molecule has 0 N–H and O–H groups in total. The van der Waals surface area contributed by atoms with Gasteiger partial charge in [-0.25, -0.2) is 0 Å². The van der Waals surface area contributed by atoms with Crippen molar-refractivity contribution >= 4 is 0 Å². The van der Waals surface area contributed by atoms with Crippen molar-refractivity contribution in [2.24, 2.45) is 0 Å². The average molecular weight is 157 g/mol. The standard InChI is InChI=1S/C8H17N2O/c1-7(2)6-9(5)8(3,4)10(7)11/h6H2,1-5H3/q-1. The van der Waals surface area contributed by atoms with Crippen molar-refractivity contribution in [1.82, 2.24) is 9.96 Å². The van der Waals surface area contributed by atoms with Gasteiger partial charge in [-0.2, -0.15) is 0 Å². The highest BCUT2D eigenvalue weighted by molar-refractivity contribution is 5.01. The predicted molar refractivity (Wildman–Crippen MR) is 46.0 cm³/mol. The number of hydroxylamine groups is 2. The summed E-state index contributed by atoms with van der Waals surface area (Å²) < 4.78 is 0. The van der Waals surface area contributed by atoms with Crippen LogP contribution in [0, 0.1) is 5.21 Å². The van der Waals surface area contributed by atoms with Crippen LogP contribution < -0.4 is 0 Å². The molecule has 3 heteroatoms. The molecule has 0 aromatic heterocycles. The van der Waals surface area contributed by atoms with Gasteiger partial charge in [-0.3, -0.25) is 4.90 Å². The molecule has 0 aromatic rings.